The van der Waals surface area contributed by atoms with E-state index in [1.165, 1.54) is 16.7 Å². The van der Waals surface area contributed by atoms with E-state index in [1.54, 1.807) is 0 Å². The largest absolute Gasteiger partial charge is 0.396 e. The Morgan fingerprint density at radius 1 is 1.03 bits per heavy atom. The molecule has 4 nitrogen and oxygen atoms in total. The summed E-state index contributed by atoms with van der Waals surface area (Å²) < 4.78 is 0. The zero-order chi connectivity index (χ0) is 23.4. The molecule has 0 saturated heterocycles. The van der Waals surface area contributed by atoms with Gasteiger partial charge in [0.05, 0.1) is 18.3 Å². The van der Waals surface area contributed by atoms with Crippen LogP contribution in [0.4, 0.5) is 0 Å². The Morgan fingerprint density at radius 2 is 1.75 bits per heavy atom. The summed E-state index contributed by atoms with van der Waals surface area (Å²) in [5.74, 6) is 1.31. The van der Waals surface area contributed by atoms with Crippen molar-refractivity contribution in [1.82, 2.24) is 0 Å². The third kappa shape index (κ3) is 3.66. The molecule has 32 heavy (non-hydrogen) atoms. The third-order valence-electron chi connectivity index (χ3n) is 9.93. The van der Waals surface area contributed by atoms with Gasteiger partial charge in [-0.15, -0.1) is 0 Å². The van der Waals surface area contributed by atoms with Gasteiger partial charge in [0, 0.05) is 18.4 Å². The first kappa shape index (κ1) is 24.2. The molecule has 0 unspecified atom stereocenters. The van der Waals surface area contributed by atoms with E-state index < -0.39 is 18.3 Å². The molecule has 4 rings (SSSR count). The molecule has 0 aromatic carbocycles. The van der Waals surface area contributed by atoms with Crippen LogP contribution in [0.3, 0.4) is 0 Å². The maximum atomic E-state index is 11.1. The Labute approximate surface area is 194 Å². The average Bonchev–Trinajstić information content (AvgIpc) is 3.08. The molecule has 0 aliphatic heterocycles. The molecule has 4 aliphatic rings. The molecule has 4 aliphatic carbocycles. The van der Waals surface area contributed by atoms with Crippen LogP contribution >= 0.6 is 0 Å². The van der Waals surface area contributed by atoms with Gasteiger partial charge in [0.25, 0.3) is 0 Å². The molecule has 180 valence electrons. The van der Waals surface area contributed by atoms with Crippen LogP contribution in [0.5, 0.6) is 0 Å². The molecule has 0 aromatic rings. The number of rotatable bonds is 5. The van der Waals surface area contributed by atoms with Gasteiger partial charge in [-0.05, 0) is 78.3 Å². The highest BCUT2D eigenvalue weighted by molar-refractivity contribution is 5.50. The van der Waals surface area contributed by atoms with Crippen molar-refractivity contribution in [2.45, 2.75) is 91.5 Å². The fourth-order valence-electron chi connectivity index (χ4n) is 7.77. The second-order valence-corrected chi connectivity index (χ2v) is 12.0. The lowest BCUT2D eigenvalue weighted by molar-refractivity contribution is -0.133. The molecule has 1 saturated carbocycles. The zero-order valence-electron chi connectivity index (χ0n) is 20.6. The van der Waals surface area contributed by atoms with Gasteiger partial charge in [0.1, 0.15) is 0 Å². The SMILES string of the molecule is CC(C)[C@@H](/C=C/[C@@H](C)[C@H]1CC=C2C3=C(CC[C@@]21C)[C@@]1(C)CC[C@H](O)[C@H](O)[C@@H]1[C@@H](O)C3)CO. The molecule has 0 spiro atoms. The topological polar surface area (TPSA) is 80.9 Å². The van der Waals surface area contributed by atoms with Crippen molar-refractivity contribution in [3.05, 3.63) is 34.9 Å². The normalized spacial score (nSPS) is 43.7. The van der Waals surface area contributed by atoms with E-state index in [4.69, 9.17) is 0 Å². The number of hydrogen-bond acceptors (Lipinski definition) is 4. The second-order valence-electron chi connectivity index (χ2n) is 12.0. The highest BCUT2D eigenvalue weighted by Gasteiger charge is 2.57. The molecule has 0 amide bonds. The van der Waals surface area contributed by atoms with Crippen LogP contribution < -0.4 is 0 Å². The summed E-state index contributed by atoms with van der Waals surface area (Å²) in [6.45, 7) is 11.5. The van der Waals surface area contributed by atoms with Crippen molar-refractivity contribution in [3.63, 3.8) is 0 Å². The molecule has 4 N–H and O–H groups in total. The summed E-state index contributed by atoms with van der Waals surface area (Å²) in [5.41, 5.74) is 4.09. The van der Waals surface area contributed by atoms with Crippen LogP contribution in [0.25, 0.3) is 0 Å². The summed E-state index contributed by atoms with van der Waals surface area (Å²) in [4.78, 5) is 0. The van der Waals surface area contributed by atoms with E-state index in [0.717, 1.165) is 25.7 Å². The summed E-state index contributed by atoms with van der Waals surface area (Å²) in [6, 6.07) is 0. The Bertz CT molecular complexity index is 810. The van der Waals surface area contributed by atoms with Crippen molar-refractivity contribution < 1.29 is 20.4 Å². The molecular formula is C28H44O4. The predicted molar refractivity (Wildman–Crippen MR) is 128 cm³/mol. The summed E-state index contributed by atoms with van der Waals surface area (Å²) in [5, 5.41) is 41.8. The first-order valence-electron chi connectivity index (χ1n) is 12.8. The average molecular weight is 445 g/mol. The Balaban J connectivity index is 1.62. The standard InChI is InChI=1S/C28H44O4/c1-16(2)18(15-29)7-6-17(3)20-8-9-21-19-14-24(31)25-26(32)23(30)11-13-28(25,5)22(19)10-12-27(20,21)4/h6-7,9,16-18,20,23-26,29-32H,8,10-15H2,1-5H3/b7-6+/t17-,18+,20-,23+,24+,25+,26+,27-,28-/m1/s1. The van der Waals surface area contributed by atoms with Crippen LogP contribution in [0.1, 0.15) is 73.1 Å². The number of hydrogen-bond donors (Lipinski definition) is 4. The first-order chi connectivity index (χ1) is 15.0. The smallest absolute Gasteiger partial charge is 0.0860 e. The van der Waals surface area contributed by atoms with Gasteiger partial charge < -0.3 is 20.4 Å². The molecule has 0 aromatic heterocycles. The first-order valence-corrected chi connectivity index (χ1v) is 12.8. The van der Waals surface area contributed by atoms with Crippen molar-refractivity contribution in [1.29, 1.82) is 0 Å². The summed E-state index contributed by atoms with van der Waals surface area (Å²) >= 11 is 0. The molecule has 4 heteroatoms. The fraction of sp³-hybridized carbons (Fsp3) is 0.786. The minimum absolute atomic E-state index is 0.102. The summed E-state index contributed by atoms with van der Waals surface area (Å²) in [7, 11) is 0. The third-order valence-corrected chi connectivity index (χ3v) is 9.93. The Hall–Kier alpha value is -0.940. The van der Waals surface area contributed by atoms with Gasteiger partial charge in [-0.2, -0.15) is 0 Å². The molecule has 0 radical (unpaired) electrons. The highest BCUT2D eigenvalue weighted by Crippen LogP contribution is 2.64. The fourth-order valence-corrected chi connectivity index (χ4v) is 7.77. The number of aliphatic hydroxyl groups excluding tert-OH is 4. The number of allylic oxidation sites excluding steroid dienone is 4. The quantitative estimate of drug-likeness (QED) is 0.474. The Morgan fingerprint density at radius 3 is 2.41 bits per heavy atom. The van der Waals surface area contributed by atoms with Crippen molar-refractivity contribution in [2.24, 2.45) is 40.4 Å². The van der Waals surface area contributed by atoms with Gasteiger partial charge >= 0.3 is 0 Å². The van der Waals surface area contributed by atoms with Crippen molar-refractivity contribution >= 4 is 0 Å². The lowest BCUT2D eigenvalue weighted by atomic mass is 9.50. The van der Waals surface area contributed by atoms with Crippen LogP contribution in [0.2, 0.25) is 0 Å². The minimum Gasteiger partial charge on any atom is -0.396 e. The molecular weight excluding hydrogens is 400 g/mol. The van der Waals surface area contributed by atoms with Crippen molar-refractivity contribution in [3.8, 4) is 0 Å². The lowest BCUT2D eigenvalue weighted by Gasteiger charge is -2.56. The minimum atomic E-state index is -0.845. The van der Waals surface area contributed by atoms with Gasteiger partial charge in [0.15, 0.2) is 0 Å². The monoisotopic (exact) mass is 444 g/mol. The maximum absolute atomic E-state index is 11.1. The van der Waals surface area contributed by atoms with Crippen LogP contribution in [-0.4, -0.2) is 45.3 Å². The number of aliphatic hydroxyl groups is 4. The lowest BCUT2D eigenvalue weighted by Crippen LogP contribution is -2.56. The maximum Gasteiger partial charge on any atom is 0.0860 e. The van der Waals surface area contributed by atoms with E-state index in [-0.39, 0.29) is 29.3 Å². The van der Waals surface area contributed by atoms with Gasteiger partial charge in [-0.1, -0.05) is 58.4 Å². The highest BCUT2D eigenvalue weighted by atomic mass is 16.3. The summed E-state index contributed by atoms with van der Waals surface area (Å²) in [6.07, 6.45) is 9.98. The van der Waals surface area contributed by atoms with Gasteiger partial charge in [-0.3, -0.25) is 0 Å². The van der Waals surface area contributed by atoms with E-state index in [9.17, 15) is 20.4 Å². The molecule has 9 atom stereocenters. The van der Waals surface area contributed by atoms with Crippen LogP contribution in [-0.2, 0) is 0 Å². The van der Waals surface area contributed by atoms with E-state index >= 15 is 0 Å². The zero-order valence-corrected chi connectivity index (χ0v) is 20.6. The van der Waals surface area contributed by atoms with Gasteiger partial charge in [-0.25, -0.2) is 0 Å². The molecule has 0 heterocycles. The van der Waals surface area contributed by atoms with Crippen LogP contribution in [0.15, 0.2) is 34.9 Å². The van der Waals surface area contributed by atoms with Crippen LogP contribution in [0, 0.1) is 40.4 Å². The van der Waals surface area contributed by atoms with Crippen molar-refractivity contribution in [2.75, 3.05) is 6.61 Å². The van der Waals surface area contributed by atoms with E-state index in [0.29, 0.717) is 30.6 Å². The second kappa shape index (κ2) is 8.69. The van der Waals surface area contributed by atoms with E-state index in [1.807, 2.05) is 0 Å². The van der Waals surface area contributed by atoms with E-state index in [2.05, 4.69) is 52.8 Å². The predicted octanol–water partition coefficient (Wildman–Crippen LogP) is 4.39. The number of fused-ring (bicyclic) bond motifs is 4. The molecule has 0 bridgehead atoms. The van der Waals surface area contributed by atoms with Gasteiger partial charge in [0.2, 0.25) is 0 Å². The Kier molecular flexibility index (Phi) is 6.57. The molecule has 1 fully saturated rings.